The third kappa shape index (κ3) is 6.62. The van der Waals surface area contributed by atoms with E-state index in [0.29, 0.717) is 17.0 Å². The second kappa shape index (κ2) is 10.9. The molecular formula is C22H29BN4O5S. The summed E-state index contributed by atoms with van der Waals surface area (Å²) in [5.41, 5.74) is 0.0333. The van der Waals surface area contributed by atoms with Crippen LogP contribution in [0.4, 0.5) is 0 Å². The van der Waals surface area contributed by atoms with Gasteiger partial charge in [0.2, 0.25) is 5.60 Å². The molecule has 33 heavy (non-hydrogen) atoms. The molecule has 2 aromatic rings. The van der Waals surface area contributed by atoms with Crippen LogP contribution in [0.2, 0.25) is 0 Å². The van der Waals surface area contributed by atoms with Crippen molar-refractivity contribution in [3.8, 4) is 0 Å². The third-order valence-corrected chi connectivity index (χ3v) is 6.20. The van der Waals surface area contributed by atoms with Gasteiger partial charge < -0.3 is 25.5 Å². The standard InChI is InChI=1S/C22H29BN4O5S/c1-14(2)9-19(23(30)31)26-21(29)22(10-16-7-5-4-6-8-16)11-17(27-32-22)12-25-20(28)18-13-24-15(3)33-18/h4-8,13-14,19,30-31H,9-12H2,1-3H3,(H,25,28)(H,26,29). The van der Waals surface area contributed by atoms with Crippen LogP contribution in [-0.2, 0) is 16.1 Å². The van der Waals surface area contributed by atoms with E-state index in [0.717, 1.165) is 10.6 Å². The second-order valence-electron chi connectivity index (χ2n) is 8.63. The first-order valence-electron chi connectivity index (χ1n) is 10.8. The van der Waals surface area contributed by atoms with E-state index in [4.69, 9.17) is 4.84 Å². The number of rotatable bonds is 10. The molecule has 2 amide bonds. The second-order valence-corrected chi connectivity index (χ2v) is 9.87. The minimum Gasteiger partial charge on any atom is -0.426 e. The van der Waals surface area contributed by atoms with Gasteiger partial charge in [0.05, 0.1) is 29.4 Å². The van der Waals surface area contributed by atoms with Crippen LogP contribution < -0.4 is 10.6 Å². The Hall–Kier alpha value is -2.76. The molecule has 9 nitrogen and oxygen atoms in total. The summed E-state index contributed by atoms with van der Waals surface area (Å²) in [7, 11) is -1.70. The summed E-state index contributed by atoms with van der Waals surface area (Å²) in [6.45, 7) is 5.81. The van der Waals surface area contributed by atoms with E-state index in [1.807, 2.05) is 51.1 Å². The van der Waals surface area contributed by atoms with Crippen LogP contribution >= 0.6 is 11.3 Å². The Morgan fingerprint density at radius 2 is 2.00 bits per heavy atom. The van der Waals surface area contributed by atoms with Gasteiger partial charge in [-0.2, -0.15) is 0 Å². The highest BCUT2D eigenvalue weighted by molar-refractivity contribution is 7.13. The van der Waals surface area contributed by atoms with Crippen molar-refractivity contribution >= 4 is 36.0 Å². The number of hydrogen-bond donors (Lipinski definition) is 4. The Kier molecular flexibility index (Phi) is 8.22. The first kappa shape index (κ1) is 24.9. The van der Waals surface area contributed by atoms with Crippen LogP contribution in [0.3, 0.4) is 0 Å². The maximum absolute atomic E-state index is 13.4. The lowest BCUT2D eigenvalue weighted by molar-refractivity contribution is -0.144. The van der Waals surface area contributed by atoms with Gasteiger partial charge in [0.1, 0.15) is 4.88 Å². The molecule has 2 unspecified atom stereocenters. The van der Waals surface area contributed by atoms with E-state index in [1.165, 1.54) is 17.5 Å². The molecule has 0 saturated heterocycles. The van der Waals surface area contributed by atoms with Gasteiger partial charge in [-0.25, -0.2) is 4.98 Å². The van der Waals surface area contributed by atoms with Gasteiger partial charge in [-0.1, -0.05) is 49.3 Å². The van der Waals surface area contributed by atoms with Gasteiger partial charge in [-0.05, 0) is 24.8 Å². The summed E-state index contributed by atoms with van der Waals surface area (Å²) < 4.78 is 0. The molecule has 0 fully saturated rings. The van der Waals surface area contributed by atoms with Crippen molar-refractivity contribution in [3.63, 3.8) is 0 Å². The molecule has 0 radical (unpaired) electrons. The summed E-state index contributed by atoms with van der Waals surface area (Å²) in [6, 6.07) is 9.39. The normalized spacial score (nSPS) is 18.4. The smallest absolute Gasteiger partial charge is 0.426 e. The number of thiazole rings is 1. The van der Waals surface area contributed by atoms with Crippen LogP contribution in [0.15, 0.2) is 41.7 Å². The number of nitrogens with zero attached hydrogens (tertiary/aromatic N) is 2. The molecule has 0 spiro atoms. The molecule has 4 N–H and O–H groups in total. The zero-order chi connectivity index (χ0) is 24.0. The Bertz CT molecular complexity index is 998. The summed E-state index contributed by atoms with van der Waals surface area (Å²) in [6.07, 6.45) is 2.31. The van der Waals surface area contributed by atoms with Crippen molar-refractivity contribution < 1.29 is 24.5 Å². The quantitative estimate of drug-likeness (QED) is 0.387. The fourth-order valence-electron chi connectivity index (χ4n) is 3.66. The highest BCUT2D eigenvalue weighted by Gasteiger charge is 2.48. The van der Waals surface area contributed by atoms with Gasteiger partial charge >= 0.3 is 7.12 Å². The summed E-state index contributed by atoms with van der Waals surface area (Å²) >= 11 is 1.29. The van der Waals surface area contributed by atoms with Gasteiger partial charge in [0.15, 0.2) is 0 Å². The van der Waals surface area contributed by atoms with Crippen molar-refractivity contribution in [2.75, 3.05) is 6.54 Å². The SMILES string of the molecule is Cc1ncc(C(=O)NCC2=NOC(Cc3ccccc3)(C(=O)NC(CC(C)C)B(O)O)C2)s1. The summed E-state index contributed by atoms with van der Waals surface area (Å²) in [5, 5.41) is 29.9. The van der Waals surface area contributed by atoms with E-state index in [1.54, 1.807) is 0 Å². The third-order valence-electron chi connectivity index (χ3n) is 5.29. The van der Waals surface area contributed by atoms with Crippen LogP contribution in [0.25, 0.3) is 0 Å². The lowest BCUT2D eigenvalue weighted by atomic mass is 9.74. The zero-order valence-electron chi connectivity index (χ0n) is 18.9. The Labute approximate surface area is 197 Å². The number of carbonyl (C=O) groups is 2. The number of nitrogens with one attached hydrogen (secondary N) is 2. The van der Waals surface area contributed by atoms with E-state index >= 15 is 0 Å². The molecule has 2 heterocycles. The lowest BCUT2D eigenvalue weighted by Gasteiger charge is -2.29. The molecular weight excluding hydrogens is 443 g/mol. The molecule has 2 atom stereocenters. The Morgan fingerprint density at radius 3 is 2.61 bits per heavy atom. The Morgan fingerprint density at radius 1 is 1.27 bits per heavy atom. The average molecular weight is 472 g/mol. The number of benzene rings is 1. The van der Waals surface area contributed by atoms with E-state index in [2.05, 4.69) is 20.8 Å². The van der Waals surface area contributed by atoms with Gasteiger partial charge in [-0.15, -0.1) is 11.3 Å². The maximum Gasteiger partial charge on any atom is 0.475 e. The van der Waals surface area contributed by atoms with Crippen molar-refractivity contribution in [3.05, 3.63) is 52.0 Å². The highest BCUT2D eigenvalue weighted by Crippen LogP contribution is 2.29. The van der Waals surface area contributed by atoms with Gasteiger partial charge in [-0.3, -0.25) is 9.59 Å². The first-order chi connectivity index (χ1) is 15.7. The van der Waals surface area contributed by atoms with Crippen LogP contribution in [-0.4, -0.2) is 57.8 Å². The predicted octanol–water partition coefficient (Wildman–Crippen LogP) is 1.48. The number of oxime groups is 1. The molecule has 1 aliphatic rings. The molecule has 176 valence electrons. The van der Waals surface area contributed by atoms with Crippen LogP contribution in [0.1, 0.15) is 46.9 Å². The molecule has 0 saturated carbocycles. The van der Waals surface area contributed by atoms with Crippen LogP contribution in [0.5, 0.6) is 0 Å². The molecule has 1 aromatic carbocycles. The molecule has 0 aliphatic carbocycles. The largest absolute Gasteiger partial charge is 0.475 e. The number of aryl methyl sites for hydroxylation is 1. The predicted molar refractivity (Wildman–Crippen MR) is 127 cm³/mol. The minimum atomic E-state index is -1.70. The molecule has 1 aliphatic heterocycles. The van der Waals surface area contributed by atoms with E-state index in [9.17, 15) is 19.6 Å². The fraction of sp³-hybridized carbons (Fsp3) is 0.455. The summed E-state index contributed by atoms with van der Waals surface area (Å²) in [4.78, 5) is 36.0. The average Bonchev–Trinajstić information content (AvgIpc) is 3.39. The summed E-state index contributed by atoms with van der Waals surface area (Å²) in [5.74, 6) is -1.45. The van der Waals surface area contributed by atoms with Crippen LogP contribution in [0, 0.1) is 12.8 Å². The number of carbonyl (C=O) groups excluding carboxylic acids is 2. The molecule has 1 aromatic heterocycles. The highest BCUT2D eigenvalue weighted by atomic mass is 32.1. The van der Waals surface area contributed by atoms with Crippen molar-refractivity contribution in [1.29, 1.82) is 0 Å². The lowest BCUT2D eigenvalue weighted by Crippen LogP contribution is -2.56. The zero-order valence-corrected chi connectivity index (χ0v) is 19.8. The number of amides is 2. The van der Waals surface area contributed by atoms with Gasteiger partial charge in [0, 0.05) is 12.8 Å². The van der Waals surface area contributed by atoms with E-state index in [-0.39, 0.29) is 31.2 Å². The van der Waals surface area contributed by atoms with Crippen molar-refractivity contribution in [1.82, 2.24) is 15.6 Å². The van der Waals surface area contributed by atoms with Crippen molar-refractivity contribution in [2.45, 2.75) is 51.6 Å². The molecule has 0 bridgehead atoms. The maximum atomic E-state index is 13.4. The van der Waals surface area contributed by atoms with Crippen molar-refractivity contribution in [2.24, 2.45) is 11.1 Å². The number of hydrogen-bond acceptors (Lipinski definition) is 8. The fourth-order valence-corrected chi connectivity index (χ4v) is 4.36. The van der Waals surface area contributed by atoms with Gasteiger partial charge in [0.25, 0.3) is 11.8 Å². The minimum absolute atomic E-state index is 0.123. The molecule has 11 heteroatoms. The first-order valence-corrected chi connectivity index (χ1v) is 11.7. The monoisotopic (exact) mass is 472 g/mol. The Balaban J connectivity index is 1.72. The van der Waals surface area contributed by atoms with E-state index < -0.39 is 24.6 Å². The topological polar surface area (TPSA) is 133 Å². The number of aromatic nitrogens is 1. The molecule has 3 rings (SSSR count).